The summed E-state index contributed by atoms with van der Waals surface area (Å²) in [6.07, 6.45) is 0.668. The molecule has 0 heterocycles. The van der Waals surface area contributed by atoms with Crippen LogP contribution in [-0.4, -0.2) is 23.1 Å². The predicted octanol–water partition coefficient (Wildman–Crippen LogP) is 2.64. The van der Waals surface area contributed by atoms with E-state index in [0.29, 0.717) is 11.4 Å². The molecule has 0 aliphatic heterocycles. The number of hydrogen-bond acceptors (Lipinski definition) is 2. The minimum Gasteiger partial charge on any atom is -0.480 e. The van der Waals surface area contributed by atoms with Crippen LogP contribution in [0.2, 0.25) is 5.02 Å². The van der Waals surface area contributed by atoms with Gasteiger partial charge >= 0.3 is 12.0 Å². The van der Waals surface area contributed by atoms with E-state index < -0.39 is 18.0 Å². The molecule has 0 spiro atoms. The lowest BCUT2D eigenvalue weighted by atomic mass is 9.99. The molecular weight excluding hydrogens is 280 g/mol. The van der Waals surface area contributed by atoms with Crippen molar-refractivity contribution in [2.24, 2.45) is 5.92 Å². The smallest absolute Gasteiger partial charge is 0.326 e. The Morgan fingerprint density at radius 3 is 2.55 bits per heavy atom. The van der Waals surface area contributed by atoms with Crippen molar-refractivity contribution in [1.29, 1.82) is 0 Å². The fourth-order valence-electron chi connectivity index (χ4n) is 1.69. The van der Waals surface area contributed by atoms with Crippen LogP contribution in [0, 0.1) is 5.92 Å². The first-order valence-corrected chi connectivity index (χ1v) is 6.84. The Balaban J connectivity index is 2.55. The number of rotatable bonds is 6. The lowest BCUT2D eigenvalue weighted by Crippen LogP contribution is -2.48. The number of carbonyl (C=O) groups excluding carboxylic acids is 1. The molecule has 6 heteroatoms. The molecule has 2 amide bonds. The molecular formula is C14H19ClN2O3. The van der Waals surface area contributed by atoms with E-state index in [-0.39, 0.29) is 12.5 Å². The highest BCUT2D eigenvalue weighted by Gasteiger charge is 2.25. The number of aliphatic carboxylic acids is 1. The molecule has 1 rings (SSSR count). The minimum atomic E-state index is -1.03. The van der Waals surface area contributed by atoms with Gasteiger partial charge in [0.1, 0.15) is 6.04 Å². The van der Waals surface area contributed by atoms with Crippen molar-refractivity contribution in [3.8, 4) is 0 Å². The Labute approximate surface area is 123 Å². The molecule has 0 radical (unpaired) electrons. The van der Waals surface area contributed by atoms with Crippen LogP contribution in [0.15, 0.2) is 24.3 Å². The predicted molar refractivity (Wildman–Crippen MR) is 77.7 cm³/mol. The number of carbonyl (C=O) groups is 2. The molecule has 20 heavy (non-hydrogen) atoms. The Kier molecular flexibility index (Phi) is 6.31. The monoisotopic (exact) mass is 298 g/mol. The van der Waals surface area contributed by atoms with E-state index in [1.807, 2.05) is 13.0 Å². The third kappa shape index (κ3) is 4.74. The van der Waals surface area contributed by atoms with Crippen LogP contribution in [0.4, 0.5) is 4.79 Å². The Hall–Kier alpha value is -1.75. The third-order valence-corrected chi connectivity index (χ3v) is 3.53. The Morgan fingerprint density at radius 1 is 1.35 bits per heavy atom. The van der Waals surface area contributed by atoms with Crippen LogP contribution in [0.3, 0.4) is 0 Å². The molecule has 0 saturated carbocycles. The summed E-state index contributed by atoms with van der Waals surface area (Å²) in [4.78, 5) is 22.8. The van der Waals surface area contributed by atoms with Gasteiger partial charge in [0.15, 0.2) is 0 Å². The van der Waals surface area contributed by atoms with Crippen LogP contribution in [0.5, 0.6) is 0 Å². The van der Waals surface area contributed by atoms with Crippen LogP contribution >= 0.6 is 11.6 Å². The summed E-state index contributed by atoms with van der Waals surface area (Å²) in [6.45, 7) is 3.91. The first-order chi connectivity index (χ1) is 9.45. The molecule has 0 aliphatic carbocycles. The Morgan fingerprint density at radius 2 is 2.00 bits per heavy atom. The zero-order chi connectivity index (χ0) is 15.1. The topological polar surface area (TPSA) is 78.4 Å². The highest BCUT2D eigenvalue weighted by Crippen LogP contribution is 2.14. The lowest BCUT2D eigenvalue weighted by molar-refractivity contribution is -0.140. The van der Waals surface area contributed by atoms with Gasteiger partial charge < -0.3 is 15.7 Å². The van der Waals surface area contributed by atoms with Crippen LogP contribution in [0.25, 0.3) is 0 Å². The molecule has 2 atom stereocenters. The number of nitrogens with one attached hydrogen (secondary N) is 2. The van der Waals surface area contributed by atoms with Gasteiger partial charge in [0.25, 0.3) is 0 Å². The first-order valence-electron chi connectivity index (χ1n) is 6.46. The fourth-order valence-corrected chi connectivity index (χ4v) is 1.90. The highest BCUT2D eigenvalue weighted by molar-refractivity contribution is 6.31. The third-order valence-electron chi connectivity index (χ3n) is 3.16. The number of benzene rings is 1. The standard InChI is InChI=1S/C14H19ClN2O3/c1-3-9(2)12(13(18)19)17-14(20)16-8-10-6-4-5-7-11(10)15/h4-7,9,12H,3,8H2,1-2H3,(H,18,19)(H2,16,17,20)/t9-,12+/m0/s1. The van der Waals surface area contributed by atoms with Crippen molar-refractivity contribution in [3.63, 3.8) is 0 Å². The van der Waals surface area contributed by atoms with Gasteiger partial charge in [-0.25, -0.2) is 9.59 Å². The van der Waals surface area contributed by atoms with Crippen LogP contribution < -0.4 is 10.6 Å². The summed E-state index contributed by atoms with van der Waals surface area (Å²) in [6, 6.07) is 5.74. The van der Waals surface area contributed by atoms with Crippen molar-refractivity contribution < 1.29 is 14.7 Å². The molecule has 110 valence electrons. The number of carboxylic acid groups (broad SMARTS) is 1. The van der Waals surface area contributed by atoms with Gasteiger partial charge in [0.2, 0.25) is 0 Å². The maximum Gasteiger partial charge on any atom is 0.326 e. The quantitative estimate of drug-likeness (QED) is 0.755. The Bertz CT molecular complexity index is 479. The second kappa shape index (κ2) is 7.75. The molecule has 0 aliphatic rings. The summed E-state index contributed by atoms with van der Waals surface area (Å²) in [7, 11) is 0. The molecule has 0 bridgehead atoms. The molecule has 5 nitrogen and oxygen atoms in total. The van der Waals surface area contributed by atoms with E-state index in [1.54, 1.807) is 25.1 Å². The zero-order valence-electron chi connectivity index (χ0n) is 11.5. The van der Waals surface area contributed by atoms with E-state index in [0.717, 1.165) is 5.56 Å². The van der Waals surface area contributed by atoms with Gasteiger partial charge in [0.05, 0.1) is 0 Å². The number of urea groups is 1. The number of hydrogen-bond donors (Lipinski definition) is 3. The molecule has 0 saturated heterocycles. The van der Waals surface area contributed by atoms with Crippen molar-refractivity contribution in [3.05, 3.63) is 34.9 Å². The number of carboxylic acids is 1. The van der Waals surface area contributed by atoms with Gasteiger partial charge in [0, 0.05) is 11.6 Å². The van der Waals surface area contributed by atoms with Gasteiger partial charge in [-0.3, -0.25) is 0 Å². The van der Waals surface area contributed by atoms with Gasteiger partial charge in [-0.15, -0.1) is 0 Å². The summed E-state index contributed by atoms with van der Waals surface area (Å²) >= 11 is 5.97. The van der Waals surface area contributed by atoms with Crippen molar-refractivity contribution in [2.45, 2.75) is 32.9 Å². The summed E-state index contributed by atoms with van der Waals surface area (Å²) < 4.78 is 0. The summed E-state index contributed by atoms with van der Waals surface area (Å²) in [5.41, 5.74) is 0.778. The molecule has 0 unspecified atom stereocenters. The van der Waals surface area contributed by atoms with E-state index >= 15 is 0 Å². The van der Waals surface area contributed by atoms with Gasteiger partial charge in [-0.05, 0) is 17.5 Å². The SMILES string of the molecule is CC[C@H](C)[C@@H](NC(=O)NCc1ccccc1Cl)C(=O)O. The van der Waals surface area contributed by atoms with Gasteiger partial charge in [-0.1, -0.05) is 50.1 Å². The van der Waals surface area contributed by atoms with E-state index in [1.165, 1.54) is 0 Å². The van der Waals surface area contributed by atoms with Crippen LogP contribution in [0.1, 0.15) is 25.8 Å². The van der Waals surface area contributed by atoms with E-state index in [2.05, 4.69) is 10.6 Å². The molecule has 1 aromatic rings. The molecule has 1 aromatic carbocycles. The number of halogens is 1. The molecule has 0 aromatic heterocycles. The van der Waals surface area contributed by atoms with Crippen molar-refractivity contribution >= 4 is 23.6 Å². The van der Waals surface area contributed by atoms with Crippen LogP contribution in [-0.2, 0) is 11.3 Å². The van der Waals surface area contributed by atoms with E-state index in [9.17, 15) is 9.59 Å². The first kappa shape index (κ1) is 16.3. The largest absolute Gasteiger partial charge is 0.480 e. The second-order valence-electron chi connectivity index (χ2n) is 4.62. The lowest BCUT2D eigenvalue weighted by Gasteiger charge is -2.20. The maximum atomic E-state index is 11.7. The molecule has 0 fully saturated rings. The minimum absolute atomic E-state index is 0.140. The van der Waals surface area contributed by atoms with Crippen molar-refractivity contribution in [2.75, 3.05) is 0 Å². The second-order valence-corrected chi connectivity index (χ2v) is 5.03. The normalized spacial score (nSPS) is 13.3. The summed E-state index contributed by atoms with van der Waals surface area (Å²) in [5.74, 6) is -1.18. The van der Waals surface area contributed by atoms with Crippen molar-refractivity contribution in [1.82, 2.24) is 10.6 Å². The fraction of sp³-hybridized carbons (Fsp3) is 0.429. The maximum absolute atomic E-state index is 11.7. The van der Waals surface area contributed by atoms with Gasteiger partial charge in [-0.2, -0.15) is 0 Å². The summed E-state index contributed by atoms with van der Waals surface area (Å²) in [5, 5.41) is 14.7. The molecule has 3 N–H and O–H groups in total. The average Bonchev–Trinajstić information content (AvgIpc) is 2.42. The van der Waals surface area contributed by atoms with E-state index in [4.69, 9.17) is 16.7 Å². The zero-order valence-corrected chi connectivity index (χ0v) is 12.3. The number of amides is 2. The average molecular weight is 299 g/mol. The highest BCUT2D eigenvalue weighted by atomic mass is 35.5.